The molecule has 0 unspecified atom stereocenters. The van der Waals surface area contributed by atoms with Crippen molar-refractivity contribution < 1.29 is 9.53 Å². The highest BCUT2D eigenvalue weighted by molar-refractivity contribution is 6.23. The highest BCUT2D eigenvalue weighted by atomic mass is 35.5. The maximum atomic E-state index is 10.0. The van der Waals surface area contributed by atoms with E-state index in [0.29, 0.717) is 0 Å². The molecule has 0 saturated carbocycles. The van der Waals surface area contributed by atoms with Gasteiger partial charge < -0.3 is 4.74 Å². The molecule has 5 heteroatoms. The molecule has 0 radical (unpaired) electrons. The van der Waals surface area contributed by atoms with E-state index < -0.39 is 5.97 Å². The van der Waals surface area contributed by atoms with E-state index >= 15 is 0 Å². The summed E-state index contributed by atoms with van der Waals surface area (Å²) >= 11 is 0. The number of nitrogens with zero attached hydrogens (tertiary/aromatic N) is 2. The summed E-state index contributed by atoms with van der Waals surface area (Å²) in [5, 5.41) is 7.75. The lowest BCUT2D eigenvalue weighted by molar-refractivity contribution is -0.132. The molecule has 0 aliphatic heterocycles. The number of ether oxygens (including phenoxy) is 1. The number of hydrogen-bond donors (Lipinski definition) is 0. The van der Waals surface area contributed by atoms with E-state index in [1.54, 1.807) is 0 Å². The third-order valence-corrected chi connectivity index (χ3v) is 0.429. The molecule has 0 N–H and O–H groups in total. The first-order valence-corrected chi connectivity index (χ1v) is 1.81. The Hall–Kier alpha value is -1.08. The topological polar surface area (TPSA) is 62.4 Å². The van der Waals surface area contributed by atoms with E-state index in [1.165, 1.54) is 13.3 Å². The highest BCUT2D eigenvalue weighted by Crippen LogP contribution is 1.65. The first-order chi connectivity index (χ1) is 3.81. The molecule has 0 saturated heterocycles. The van der Waals surface area contributed by atoms with Crippen molar-refractivity contribution in [3.05, 3.63) is 0 Å². The van der Waals surface area contributed by atoms with Crippen LogP contribution in [-0.2, 0) is 9.53 Å². The van der Waals surface area contributed by atoms with Crippen molar-refractivity contribution in [3.63, 3.8) is 0 Å². The minimum Gasteiger partial charge on any atom is -0.465 e. The Bertz CT molecular complexity index is 149. The Balaban J connectivity index is 0. The molecule has 9 heavy (non-hydrogen) atoms. The summed E-state index contributed by atoms with van der Waals surface area (Å²) in [4.78, 5) is 13.0. The molecule has 0 aromatic heterocycles. The largest absolute Gasteiger partial charge is 0.465 e. The van der Waals surface area contributed by atoms with Crippen molar-refractivity contribution in [3.8, 4) is 6.19 Å². The summed E-state index contributed by atoms with van der Waals surface area (Å²) < 4.78 is 4.11. The third kappa shape index (κ3) is 6.92. The second-order valence-corrected chi connectivity index (χ2v) is 0.881. The number of halogens is 1. The Kier molecular flexibility index (Phi) is 8.32. The first-order valence-electron chi connectivity index (χ1n) is 1.81. The minimum atomic E-state index is -0.619. The van der Waals surface area contributed by atoms with Gasteiger partial charge in [-0.25, -0.2) is 4.79 Å². The number of nitriles is 1. The fraction of sp³-hybridized carbons (Fsp3) is 0.250. The molecule has 0 aromatic carbocycles. The summed E-state index contributed by atoms with van der Waals surface area (Å²) in [6.45, 7) is 0. The molecule has 0 spiro atoms. The molecule has 0 aliphatic carbocycles. The van der Waals surface area contributed by atoms with Crippen LogP contribution in [0.15, 0.2) is 4.99 Å². The van der Waals surface area contributed by atoms with Gasteiger partial charge >= 0.3 is 5.97 Å². The lowest BCUT2D eigenvalue weighted by Gasteiger charge is -1.83. The van der Waals surface area contributed by atoms with Gasteiger partial charge in [-0.2, -0.15) is 10.3 Å². The molecule has 0 heterocycles. The maximum Gasteiger partial charge on any atom is 0.350 e. The standard InChI is InChI=1S/C4H4N2O2.ClH/c1-8-4(7)2-6-3-5;/h2H,1H3;1H. The predicted molar refractivity (Wildman–Crippen MR) is 33.4 cm³/mol. The molecule has 4 nitrogen and oxygen atoms in total. The maximum absolute atomic E-state index is 10.0. The number of carbonyl (C=O) groups excluding carboxylic acids is 1. The van der Waals surface area contributed by atoms with Crippen LogP contribution in [0, 0.1) is 11.5 Å². The van der Waals surface area contributed by atoms with Gasteiger partial charge in [-0.15, -0.1) is 12.4 Å². The SMILES string of the molecule is COC(=O)C=NC#N.Cl. The molecular formula is C4H5ClN2O2. The van der Waals surface area contributed by atoms with Crippen LogP contribution in [0.3, 0.4) is 0 Å². The van der Waals surface area contributed by atoms with Gasteiger partial charge in [-0.3, -0.25) is 0 Å². The van der Waals surface area contributed by atoms with Gasteiger partial charge in [0.1, 0.15) is 6.21 Å². The molecule has 0 atom stereocenters. The minimum absolute atomic E-state index is 0. The van der Waals surface area contributed by atoms with Gasteiger partial charge in [0.05, 0.1) is 7.11 Å². The van der Waals surface area contributed by atoms with Crippen LogP contribution in [0.2, 0.25) is 0 Å². The quantitative estimate of drug-likeness (QED) is 0.302. The van der Waals surface area contributed by atoms with E-state index in [0.717, 1.165) is 6.21 Å². The summed E-state index contributed by atoms with van der Waals surface area (Å²) in [6, 6.07) is 0. The number of methoxy groups -OCH3 is 1. The summed E-state index contributed by atoms with van der Waals surface area (Å²) in [7, 11) is 1.21. The number of esters is 1. The van der Waals surface area contributed by atoms with Crippen LogP contribution < -0.4 is 0 Å². The fourth-order valence-corrected chi connectivity index (χ4v) is 0.134. The Morgan fingerprint density at radius 3 is 2.78 bits per heavy atom. The number of hydrogen-bond acceptors (Lipinski definition) is 4. The van der Waals surface area contributed by atoms with Crippen molar-refractivity contribution in [2.75, 3.05) is 7.11 Å². The highest BCUT2D eigenvalue weighted by Gasteiger charge is 1.87. The molecule has 50 valence electrons. The van der Waals surface area contributed by atoms with Gasteiger partial charge in [0.25, 0.3) is 0 Å². The van der Waals surface area contributed by atoms with E-state index in [4.69, 9.17) is 5.26 Å². The Labute approximate surface area is 58.6 Å². The Morgan fingerprint density at radius 2 is 2.44 bits per heavy atom. The second-order valence-electron chi connectivity index (χ2n) is 0.881. The van der Waals surface area contributed by atoms with E-state index in [2.05, 4.69) is 9.73 Å². The van der Waals surface area contributed by atoms with E-state index in [9.17, 15) is 4.79 Å². The predicted octanol–water partition coefficient (Wildman–Crippen LogP) is 0.133. The zero-order valence-electron chi connectivity index (χ0n) is 4.70. The summed E-state index contributed by atoms with van der Waals surface area (Å²) in [5.41, 5.74) is 0. The molecule has 0 bridgehead atoms. The third-order valence-electron chi connectivity index (χ3n) is 0.429. The zero-order valence-corrected chi connectivity index (χ0v) is 5.51. The van der Waals surface area contributed by atoms with Crippen molar-refractivity contribution >= 4 is 24.6 Å². The van der Waals surface area contributed by atoms with Crippen molar-refractivity contribution in [2.24, 2.45) is 4.99 Å². The van der Waals surface area contributed by atoms with Crippen LogP contribution in [0.4, 0.5) is 0 Å². The van der Waals surface area contributed by atoms with Crippen LogP contribution in [0.25, 0.3) is 0 Å². The van der Waals surface area contributed by atoms with Crippen LogP contribution in [-0.4, -0.2) is 19.3 Å². The average Bonchev–Trinajstić information content (AvgIpc) is 1.83. The zero-order chi connectivity index (χ0) is 6.41. The molecule has 0 aliphatic rings. The van der Waals surface area contributed by atoms with Crippen molar-refractivity contribution in [1.29, 1.82) is 5.26 Å². The van der Waals surface area contributed by atoms with Gasteiger partial charge in [0.2, 0.25) is 6.19 Å². The summed E-state index contributed by atoms with van der Waals surface area (Å²) in [6.07, 6.45) is 2.21. The lowest BCUT2D eigenvalue weighted by atomic mass is 10.7. The fourth-order valence-electron chi connectivity index (χ4n) is 0.134. The molecule has 0 rings (SSSR count). The number of rotatable bonds is 1. The molecule has 0 aromatic rings. The van der Waals surface area contributed by atoms with E-state index in [-0.39, 0.29) is 12.4 Å². The van der Waals surface area contributed by atoms with E-state index in [1.807, 2.05) is 0 Å². The normalized spacial score (nSPS) is 7.56. The van der Waals surface area contributed by atoms with Crippen LogP contribution in [0.5, 0.6) is 0 Å². The molecule has 0 amide bonds. The van der Waals surface area contributed by atoms with Crippen molar-refractivity contribution in [1.82, 2.24) is 0 Å². The molecule has 0 fully saturated rings. The van der Waals surface area contributed by atoms with Crippen LogP contribution in [0.1, 0.15) is 0 Å². The van der Waals surface area contributed by atoms with Gasteiger partial charge in [0, 0.05) is 0 Å². The first kappa shape index (κ1) is 10.8. The van der Waals surface area contributed by atoms with Gasteiger partial charge in [-0.05, 0) is 0 Å². The second kappa shape index (κ2) is 6.92. The van der Waals surface area contributed by atoms with Gasteiger partial charge in [0.15, 0.2) is 0 Å². The Morgan fingerprint density at radius 1 is 1.89 bits per heavy atom. The number of aliphatic imine (C=N–C) groups is 1. The summed E-state index contributed by atoms with van der Waals surface area (Å²) in [5.74, 6) is -0.619. The molecular weight excluding hydrogens is 144 g/mol. The van der Waals surface area contributed by atoms with Gasteiger partial charge in [-0.1, -0.05) is 0 Å². The average molecular weight is 149 g/mol. The lowest BCUT2D eigenvalue weighted by Crippen LogP contribution is -1.99. The smallest absolute Gasteiger partial charge is 0.350 e. The number of carbonyl (C=O) groups is 1. The van der Waals surface area contributed by atoms with Crippen LogP contribution >= 0.6 is 12.4 Å². The van der Waals surface area contributed by atoms with Crippen molar-refractivity contribution in [2.45, 2.75) is 0 Å². The monoisotopic (exact) mass is 148 g/mol.